The van der Waals surface area contributed by atoms with Crippen molar-refractivity contribution >= 4 is 15.7 Å². The highest BCUT2D eigenvalue weighted by Gasteiger charge is 2.37. The summed E-state index contributed by atoms with van der Waals surface area (Å²) >= 11 is 0. The van der Waals surface area contributed by atoms with Gasteiger partial charge < -0.3 is 10.5 Å². The second-order valence-corrected chi connectivity index (χ2v) is 6.33. The van der Waals surface area contributed by atoms with Crippen molar-refractivity contribution in [2.75, 3.05) is 24.0 Å². The SMILES string of the molecule is CCOc1cccc(N2CCC(CN)S2(=O)=O)c1. The number of hydrogen-bond acceptors (Lipinski definition) is 4. The van der Waals surface area contributed by atoms with Crippen LogP contribution in [0.4, 0.5) is 5.69 Å². The summed E-state index contributed by atoms with van der Waals surface area (Å²) in [6.07, 6.45) is 0.581. The third-order valence-corrected chi connectivity index (χ3v) is 5.34. The molecule has 0 bridgehead atoms. The smallest absolute Gasteiger partial charge is 0.239 e. The van der Waals surface area contributed by atoms with Crippen LogP contribution in [0.2, 0.25) is 0 Å². The molecule has 1 heterocycles. The first-order chi connectivity index (χ1) is 8.59. The highest BCUT2D eigenvalue weighted by atomic mass is 32.2. The molecule has 0 spiro atoms. The van der Waals surface area contributed by atoms with Gasteiger partial charge in [-0.2, -0.15) is 0 Å². The Morgan fingerprint density at radius 2 is 2.28 bits per heavy atom. The molecular weight excluding hydrogens is 252 g/mol. The molecule has 1 unspecified atom stereocenters. The molecule has 1 atom stereocenters. The van der Waals surface area contributed by atoms with Crippen molar-refractivity contribution in [3.8, 4) is 5.75 Å². The largest absolute Gasteiger partial charge is 0.494 e. The fourth-order valence-corrected chi connectivity index (χ4v) is 3.90. The van der Waals surface area contributed by atoms with Crippen molar-refractivity contribution < 1.29 is 13.2 Å². The monoisotopic (exact) mass is 270 g/mol. The van der Waals surface area contributed by atoms with Crippen molar-refractivity contribution in [1.82, 2.24) is 0 Å². The van der Waals surface area contributed by atoms with Gasteiger partial charge in [0.1, 0.15) is 5.75 Å². The molecule has 0 amide bonds. The molecule has 2 rings (SSSR count). The van der Waals surface area contributed by atoms with E-state index in [2.05, 4.69) is 0 Å². The molecule has 1 aromatic carbocycles. The van der Waals surface area contributed by atoms with E-state index in [0.717, 1.165) is 0 Å². The Hall–Kier alpha value is -1.27. The number of rotatable bonds is 4. The average Bonchev–Trinajstić information content (AvgIpc) is 2.64. The number of ether oxygens (including phenoxy) is 1. The van der Waals surface area contributed by atoms with Gasteiger partial charge in [-0.3, -0.25) is 4.31 Å². The Morgan fingerprint density at radius 1 is 1.50 bits per heavy atom. The minimum absolute atomic E-state index is 0.171. The zero-order chi connectivity index (χ0) is 13.2. The lowest BCUT2D eigenvalue weighted by Crippen LogP contribution is -2.33. The standard InChI is InChI=1S/C12H18N2O3S/c1-2-17-11-5-3-4-10(8-11)14-7-6-12(9-13)18(14,15)16/h3-5,8,12H,2,6-7,9,13H2,1H3. The third-order valence-electron chi connectivity index (χ3n) is 3.06. The van der Waals surface area contributed by atoms with Crippen LogP contribution in [0.5, 0.6) is 5.75 Å². The van der Waals surface area contributed by atoms with Crippen LogP contribution in [0, 0.1) is 0 Å². The summed E-state index contributed by atoms with van der Waals surface area (Å²) < 4.78 is 31.2. The maximum Gasteiger partial charge on any atom is 0.239 e. The normalized spacial score (nSPS) is 22.1. The molecule has 1 aromatic rings. The molecule has 0 aromatic heterocycles. The lowest BCUT2D eigenvalue weighted by molar-refractivity contribution is 0.340. The molecule has 1 aliphatic heterocycles. The predicted molar refractivity (Wildman–Crippen MR) is 71.3 cm³/mol. The van der Waals surface area contributed by atoms with Crippen LogP contribution in [-0.2, 0) is 10.0 Å². The van der Waals surface area contributed by atoms with Gasteiger partial charge in [-0.25, -0.2) is 8.42 Å². The molecule has 18 heavy (non-hydrogen) atoms. The van der Waals surface area contributed by atoms with Crippen LogP contribution >= 0.6 is 0 Å². The maximum absolute atomic E-state index is 12.2. The van der Waals surface area contributed by atoms with Gasteiger partial charge in [0.25, 0.3) is 0 Å². The summed E-state index contributed by atoms with van der Waals surface area (Å²) in [5, 5.41) is -0.465. The summed E-state index contributed by atoms with van der Waals surface area (Å²) in [5.74, 6) is 0.682. The van der Waals surface area contributed by atoms with Gasteiger partial charge in [-0.1, -0.05) is 6.07 Å². The average molecular weight is 270 g/mol. The van der Waals surface area contributed by atoms with Crippen LogP contribution in [0.25, 0.3) is 0 Å². The molecule has 5 nitrogen and oxygen atoms in total. The molecular formula is C12H18N2O3S. The van der Waals surface area contributed by atoms with Crippen LogP contribution in [0.1, 0.15) is 13.3 Å². The van der Waals surface area contributed by atoms with E-state index in [9.17, 15) is 8.42 Å². The Bertz CT molecular complexity index is 516. The van der Waals surface area contributed by atoms with Crippen molar-refractivity contribution in [1.29, 1.82) is 0 Å². The zero-order valence-electron chi connectivity index (χ0n) is 10.4. The maximum atomic E-state index is 12.2. The minimum atomic E-state index is -3.31. The van der Waals surface area contributed by atoms with Gasteiger partial charge in [-0.15, -0.1) is 0 Å². The van der Waals surface area contributed by atoms with Crippen molar-refractivity contribution in [3.63, 3.8) is 0 Å². The van der Waals surface area contributed by atoms with E-state index in [1.54, 1.807) is 18.2 Å². The second-order valence-electron chi connectivity index (χ2n) is 4.19. The predicted octanol–water partition coefficient (Wildman–Crippen LogP) is 0.952. The zero-order valence-corrected chi connectivity index (χ0v) is 11.2. The summed E-state index contributed by atoms with van der Waals surface area (Å²) in [7, 11) is -3.31. The van der Waals surface area contributed by atoms with E-state index in [-0.39, 0.29) is 6.54 Å². The first-order valence-electron chi connectivity index (χ1n) is 6.04. The van der Waals surface area contributed by atoms with Crippen molar-refractivity contribution in [2.24, 2.45) is 5.73 Å². The first-order valence-corrected chi connectivity index (χ1v) is 7.54. The highest BCUT2D eigenvalue weighted by Crippen LogP contribution is 2.30. The Morgan fingerprint density at radius 3 is 2.89 bits per heavy atom. The molecule has 1 fully saturated rings. The van der Waals surface area contributed by atoms with E-state index in [1.807, 2.05) is 13.0 Å². The molecule has 6 heteroatoms. The van der Waals surface area contributed by atoms with Crippen LogP contribution in [0.3, 0.4) is 0 Å². The second kappa shape index (κ2) is 5.16. The molecule has 0 radical (unpaired) electrons. The summed E-state index contributed by atoms with van der Waals surface area (Å²) in [6.45, 7) is 3.11. The Labute approximate surface area is 108 Å². The van der Waals surface area contributed by atoms with E-state index in [0.29, 0.717) is 31.0 Å². The summed E-state index contributed by atoms with van der Waals surface area (Å²) in [4.78, 5) is 0. The Balaban J connectivity index is 2.30. The number of anilines is 1. The van der Waals surface area contributed by atoms with E-state index in [1.165, 1.54) is 4.31 Å². The van der Waals surface area contributed by atoms with E-state index in [4.69, 9.17) is 10.5 Å². The van der Waals surface area contributed by atoms with Crippen LogP contribution in [0.15, 0.2) is 24.3 Å². The van der Waals surface area contributed by atoms with Gasteiger partial charge in [-0.05, 0) is 25.5 Å². The fourth-order valence-electron chi connectivity index (χ4n) is 2.13. The minimum Gasteiger partial charge on any atom is -0.494 e. The number of nitrogens with two attached hydrogens (primary N) is 1. The van der Waals surface area contributed by atoms with Crippen molar-refractivity contribution in [2.45, 2.75) is 18.6 Å². The highest BCUT2D eigenvalue weighted by molar-refractivity contribution is 7.93. The van der Waals surface area contributed by atoms with Crippen LogP contribution < -0.4 is 14.8 Å². The van der Waals surface area contributed by atoms with Gasteiger partial charge in [0.05, 0.1) is 17.5 Å². The topological polar surface area (TPSA) is 72.6 Å². The number of hydrogen-bond donors (Lipinski definition) is 1. The third kappa shape index (κ3) is 2.30. The van der Waals surface area contributed by atoms with E-state index >= 15 is 0 Å². The van der Waals surface area contributed by atoms with Crippen LogP contribution in [-0.4, -0.2) is 33.4 Å². The van der Waals surface area contributed by atoms with Gasteiger partial charge >= 0.3 is 0 Å². The van der Waals surface area contributed by atoms with Crippen molar-refractivity contribution in [3.05, 3.63) is 24.3 Å². The molecule has 1 saturated heterocycles. The van der Waals surface area contributed by atoms with E-state index < -0.39 is 15.3 Å². The number of benzene rings is 1. The molecule has 1 aliphatic rings. The summed E-state index contributed by atoms with van der Waals surface area (Å²) in [6, 6.07) is 7.14. The molecule has 0 aliphatic carbocycles. The Kier molecular flexibility index (Phi) is 3.77. The van der Waals surface area contributed by atoms with Gasteiger partial charge in [0.2, 0.25) is 10.0 Å². The van der Waals surface area contributed by atoms with Gasteiger partial charge in [0, 0.05) is 19.2 Å². The molecule has 100 valence electrons. The molecule has 2 N–H and O–H groups in total. The first kappa shape index (κ1) is 13.2. The fraction of sp³-hybridized carbons (Fsp3) is 0.500. The molecule has 0 saturated carbocycles. The summed E-state index contributed by atoms with van der Waals surface area (Å²) in [5.41, 5.74) is 6.15. The number of nitrogens with zero attached hydrogens (tertiary/aromatic N) is 1. The lowest BCUT2D eigenvalue weighted by atomic mass is 10.2. The quantitative estimate of drug-likeness (QED) is 0.884. The van der Waals surface area contributed by atoms with Gasteiger partial charge in [0.15, 0.2) is 0 Å². The lowest BCUT2D eigenvalue weighted by Gasteiger charge is -2.19. The number of sulfonamides is 1.